The Balaban J connectivity index is 0.00000117. The molecule has 23 heavy (non-hydrogen) atoms. The van der Waals surface area contributed by atoms with Gasteiger partial charge in [0.1, 0.15) is 0 Å². The van der Waals surface area contributed by atoms with E-state index in [4.69, 9.17) is 5.73 Å². The van der Waals surface area contributed by atoms with E-state index in [9.17, 15) is 9.59 Å². The Bertz CT molecular complexity index is 733. The first-order valence-electron chi connectivity index (χ1n) is 6.90. The van der Waals surface area contributed by atoms with Gasteiger partial charge in [-0.3, -0.25) is 9.59 Å². The van der Waals surface area contributed by atoms with Crippen molar-refractivity contribution in [2.75, 3.05) is 12.4 Å². The number of benzene rings is 2. The van der Waals surface area contributed by atoms with Crippen LogP contribution in [0.3, 0.4) is 0 Å². The topological polar surface area (TPSA) is 70.0 Å². The monoisotopic (exact) mass is 421 g/mol. The van der Waals surface area contributed by atoms with E-state index < -0.39 is 0 Å². The number of carbonyl (C=O) groups is 2. The summed E-state index contributed by atoms with van der Waals surface area (Å²) in [7, 11) is 1.69. The number of fused-ring (bicyclic) bond motifs is 2. The Hall–Kier alpha value is -0.932. The molecular formula is C17H17N2O2VY-. The Morgan fingerprint density at radius 2 is 1.35 bits per heavy atom. The minimum Gasteiger partial charge on any atom is -0.698 e. The van der Waals surface area contributed by atoms with Gasteiger partial charge in [-0.15, -0.1) is 5.69 Å². The minimum atomic E-state index is -0.257. The predicted octanol–water partition coefficient (Wildman–Crippen LogP) is 4.21. The van der Waals surface area contributed by atoms with E-state index >= 15 is 0 Å². The van der Waals surface area contributed by atoms with Crippen molar-refractivity contribution < 1.29 is 60.9 Å². The number of carbonyl (C=O) groups excluding carboxylic acids is 2. The summed E-state index contributed by atoms with van der Waals surface area (Å²) in [6, 6.07) is 9.92. The molecule has 0 unspecified atom stereocenters. The summed E-state index contributed by atoms with van der Waals surface area (Å²) in [5, 5.41) is 2.91. The van der Waals surface area contributed by atoms with Crippen LogP contribution >= 0.6 is 0 Å². The summed E-state index contributed by atoms with van der Waals surface area (Å²) in [6.45, 7) is 4.00. The smallest absolute Gasteiger partial charge is 0.196 e. The fourth-order valence-corrected chi connectivity index (χ4v) is 2.43. The van der Waals surface area contributed by atoms with Crippen LogP contribution in [-0.4, -0.2) is 18.6 Å². The molecule has 0 spiro atoms. The van der Waals surface area contributed by atoms with Crippen LogP contribution in [0.4, 0.5) is 11.4 Å². The van der Waals surface area contributed by atoms with E-state index in [0.717, 1.165) is 0 Å². The third-order valence-corrected chi connectivity index (χ3v) is 3.35. The molecule has 116 valence electrons. The summed E-state index contributed by atoms with van der Waals surface area (Å²) < 4.78 is 0. The van der Waals surface area contributed by atoms with Gasteiger partial charge in [-0.1, -0.05) is 44.2 Å². The maximum absolute atomic E-state index is 12.5. The third-order valence-electron chi connectivity index (χ3n) is 3.35. The zero-order valence-electron chi connectivity index (χ0n) is 13.3. The van der Waals surface area contributed by atoms with Gasteiger partial charge in [-0.2, -0.15) is 0 Å². The molecule has 1 aliphatic rings. The van der Waals surface area contributed by atoms with Gasteiger partial charge in [0.25, 0.3) is 0 Å². The van der Waals surface area contributed by atoms with Crippen LogP contribution < -0.4 is 5.32 Å². The molecule has 0 amide bonds. The fraction of sp³-hybridized carbons (Fsp3) is 0.176. The van der Waals surface area contributed by atoms with Gasteiger partial charge in [-0.05, 0) is 6.07 Å². The zero-order valence-corrected chi connectivity index (χ0v) is 17.5. The van der Waals surface area contributed by atoms with Crippen molar-refractivity contribution in [2.24, 2.45) is 0 Å². The van der Waals surface area contributed by atoms with E-state index in [1.807, 2.05) is 13.8 Å². The largest absolute Gasteiger partial charge is 0.698 e. The molecule has 0 bridgehead atoms. The summed E-state index contributed by atoms with van der Waals surface area (Å²) in [5.41, 5.74) is 9.82. The van der Waals surface area contributed by atoms with E-state index in [1.165, 1.54) is 6.07 Å². The van der Waals surface area contributed by atoms with Crippen LogP contribution in [-0.2, 0) is 51.3 Å². The quantitative estimate of drug-likeness (QED) is 0.640. The van der Waals surface area contributed by atoms with Crippen LogP contribution in [0.5, 0.6) is 0 Å². The molecule has 0 saturated heterocycles. The van der Waals surface area contributed by atoms with E-state index in [2.05, 4.69) is 5.32 Å². The number of nitrogens with one attached hydrogen (secondary N) is 2. The number of anilines is 1. The Morgan fingerprint density at radius 1 is 0.870 bits per heavy atom. The molecule has 3 rings (SSSR count). The Labute approximate surface area is 173 Å². The maximum Gasteiger partial charge on any atom is 0.196 e. The molecule has 2 aromatic rings. The Morgan fingerprint density at radius 3 is 1.83 bits per heavy atom. The van der Waals surface area contributed by atoms with Crippen molar-refractivity contribution in [1.82, 2.24) is 0 Å². The van der Waals surface area contributed by atoms with Crippen LogP contribution in [0.2, 0.25) is 0 Å². The maximum atomic E-state index is 12.5. The second-order valence-corrected chi connectivity index (χ2v) is 4.36. The van der Waals surface area contributed by atoms with Crippen LogP contribution in [0.15, 0.2) is 36.4 Å². The average molecular weight is 421 g/mol. The summed E-state index contributed by atoms with van der Waals surface area (Å²) >= 11 is 0. The number of rotatable bonds is 1. The number of ketones is 2. The minimum absolute atomic E-state index is 0. The van der Waals surface area contributed by atoms with Crippen LogP contribution in [0.1, 0.15) is 45.7 Å². The molecular weight excluding hydrogens is 404 g/mol. The molecule has 2 aromatic carbocycles. The van der Waals surface area contributed by atoms with Gasteiger partial charge in [0.2, 0.25) is 0 Å². The molecule has 2 radical (unpaired) electrons. The summed E-state index contributed by atoms with van der Waals surface area (Å²) in [5.74, 6) is -0.462. The first-order chi connectivity index (χ1) is 10.1. The zero-order chi connectivity index (χ0) is 15.6. The van der Waals surface area contributed by atoms with Gasteiger partial charge in [0.15, 0.2) is 11.6 Å². The fourth-order valence-electron chi connectivity index (χ4n) is 2.43. The molecule has 4 nitrogen and oxygen atoms in total. The van der Waals surface area contributed by atoms with Crippen LogP contribution in [0, 0.1) is 0 Å². The molecule has 0 aliphatic heterocycles. The number of hydrogen-bond acceptors (Lipinski definition) is 3. The van der Waals surface area contributed by atoms with Crippen molar-refractivity contribution in [3.05, 3.63) is 64.4 Å². The van der Waals surface area contributed by atoms with Gasteiger partial charge in [0, 0.05) is 80.7 Å². The number of hydrogen-bond donors (Lipinski definition) is 1. The second kappa shape index (κ2) is 9.38. The van der Waals surface area contributed by atoms with E-state index in [0.29, 0.717) is 22.4 Å². The molecule has 0 atom stereocenters. The van der Waals surface area contributed by atoms with Crippen molar-refractivity contribution in [3.8, 4) is 0 Å². The molecule has 2 N–H and O–H groups in total. The van der Waals surface area contributed by atoms with Crippen molar-refractivity contribution in [3.63, 3.8) is 0 Å². The van der Waals surface area contributed by atoms with Crippen molar-refractivity contribution in [1.29, 1.82) is 0 Å². The molecule has 0 fully saturated rings. The van der Waals surface area contributed by atoms with E-state index in [1.54, 1.807) is 37.4 Å². The van der Waals surface area contributed by atoms with Gasteiger partial charge in [0.05, 0.1) is 5.56 Å². The normalized spacial score (nSPS) is 10.9. The second-order valence-electron chi connectivity index (χ2n) is 4.36. The summed E-state index contributed by atoms with van der Waals surface area (Å²) in [4.78, 5) is 25.0. The molecule has 0 heterocycles. The summed E-state index contributed by atoms with van der Waals surface area (Å²) in [6.07, 6.45) is 0. The standard InChI is InChI=1S/C15H12N2O2.C2H6.V.Y/c1-17-11-7-6-10(16)12-13(11)15(19)9-5-3-2-4-8(9)14(12)18;1-2;;/h2-7H,1H3,(H3,16,17,18,19);1-2H3;;/p-1. The van der Waals surface area contributed by atoms with Crippen molar-refractivity contribution in [2.45, 2.75) is 13.8 Å². The molecule has 0 aromatic heterocycles. The predicted molar refractivity (Wildman–Crippen MR) is 84.6 cm³/mol. The first-order valence-corrected chi connectivity index (χ1v) is 6.90. The SMILES string of the molecule is CC.CNc1ccc([NH-])c2c1C(=O)c1ccccc1C2=O.[V].[Y]. The third kappa shape index (κ3) is 3.77. The van der Waals surface area contributed by atoms with Gasteiger partial charge in [-0.25, -0.2) is 0 Å². The van der Waals surface area contributed by atoms with Gasteiger partial charge < -0.3 is 11.1 Å². The molecule has 1 aliphatic carbocycles. The molecule has 0 saturated carbocycles. The average Bonchev–Trinajstić information content (AvgIpc) is 2.54. The van der Waals surface area contributed by atoms with Gasteiger partial charge >= 0.3 is 0 Å². The van der Waals surface area contributed by atoms with Crippen LogP contribution in [0.25, 0.3) is 5.73 Å². The van der Waals surface area contributed by atoms with E-state index in [-0.39, 0.29) is 74.1 Å². The Kier molecular flexibility index (Phi) is 9.00. The first kappa shape index (κ1) is 22.1. The molecule has 6 heteroatoms. The van der Waals surface area contributed by atoms with Crippen molar-refractivity contribution >= 4 is 22.9 Å².